The first kappa shape index (κ1) is 19.0. The number of hydrogen-bond donors (Lipinski definition) is 1. The Kier molecular flexibility index (Phi) is 8.31. The molecule has 134 valence electrons. The molecule has 1 fully saturated rings. The molecule has 3 nitrogen and oxygen atoms in total. The van der Waals surface area contributed by atoms with Gasteiger partial charge in [-0.25, -0.2) is 0 Å². The zero-order valence-corrected chi connectivity index (χ0v) is 15.5. The van der Waals surface area contributed by atoms with Crippen LogP contribution in [0.1, 0.15) is 57.9 Å². The number of hydrogen-bond acceptors (Lipinski definition) is 2. The van der Waals surface area contributed by atoms with Crippen molar-refractivity contribution in [2.24, 2.45) is 5.92 Å². The Morgan fingerprint density at radius 3 is 2.67 bits per heavy atom. The standard InChI is InChI=1S/C21H34N2O/c1-3-8-20(16-18-9-6-5-7-10-18)23(15-4-2)21(24)12-11-19-13-14-22-17-19/h5-7,9-10,19-20,22H,3-4,8,11-17H2,1-2H3. The summed E-state index contributed by atoms with van der Waals surface area (Å²) >= 11 is 0. The number of amides is 1. The number of carbonyl (C=O) groups is 1. The fourth-order valence-electron chi connectivity index (χ4n) is 3.77. The van der Waals surface area contributed by atoms with Gasteiger partial charge in [0.15, 0.2) is 0 Å². The predicted molar refractivity (Wildman–Crippen MR) is 101 cm³/mol. The topological polar surface area (TPSA) is 32.3 Å². The molecule has 1 N–H and O–H groups in total. The molecule has 1 aliphatic heterocycles. The molecular weight excluding hydrogens is 296 g/mol. The maximum absolute atomic E-state index is 12.9. The Bertz CT molecular complexity index is 468. The molecule has 0 aliphatic carbocycles. The van der Waals surface area contributed by atoms with Crippen LogP contribution in [-0.4, -0.2) is 36.5 Å². The van der Waals surface area contributed by atoms with E-state index in [-0.39, 0.29) is 0 Å². The van der Waals surface area contributed by atoms with Crippen LogP contribution in [-0.2, 0) is 11.2 Å². The van der Waals surface area contributed by atoms with Crippen LogP contribution in [0.15, 0.2) is 30.3 Å². The highest BCUT2D eigenvalue weighted by Crippen LogP contribution is 2.19. The van der Waals surface area contributed by atoms with Gasteiger partial charge in [-0.15, -0.1) is 0 Å². The van der Waals surface area contributed by atoms with Crippen LogP contribution in [0.5, 0.6) is 0 Å². The van der Waals surface area contributed by atoms with Gasteiger partial charge in [0, 0.05) is 19.0 Å². The van der Waals surface area contributed by atoms with E-state index < -0.39 is 0 Å². The van der Waals surface area contributed by atoms with Crippen molar-refractivity contribution >= 4 is 5.91 Å². The lowest BCUT2D eigenvalue weighted by Gasteiger charge is -2.32. The Morgan fingerprint density at radius 1 is 1.25 bits per heavy atom. The minimum absolute atomic E-state index is 0.339. The second-order valence-corrected chi connectivity index (χ2v) is 7.12. The van der Waals surface area contributed by atoms with E-state index in [1.54, 1.807) is 0 Å². The van der Waals surface area contributed by atoms with Gasteiger partial charge >= 0.3 is 0 Å². The Hall–Kier alpha value is -1.35. The quantitative estimate of drug-likeness (QED) is 0.702. The lowest BCUT2D eigenvalue weighted by molar-refractivity contribution is -0.134. The largest absolute Gasteiger partial charge is 0.339 e. The van der Waals surface area contributed by atoms with Crippen LogP contribution in [0.4, 0.5) is 0 Å². The van der Waals surface area contributed by atoms with E-state index >= 15 is 0 Å². The molecular formula is C21H34N2O. The van der Waals surface area contributed by atoms with Gasteiger partial charge in [0.1, 0.15) is 0 Å². The lowest BCUT2D eigenvalue weighted by Crippen LogP contribution is -2.42. The summed E-state index contributed by atoms with van der Waals surface area (Å²) in [6, 6.07) is 11.0. The molecule has 1 heterocycles. The smallest absolute Gasteiger partial charge is 0.222 e. The van der Waals surface area contributed by atoms with Crippen LogP contribution < -0.4 is 5.32 Å². The fraction of sp³-hybridized carbons (Fsp3) is 0.667. The summed E-state index contributed by atoms with van der Waals surface area (Å²) in [6.07, 6.45) is 7.20. The Labute approximate surface area is 147 Å². The van der Waals surface area contributed by atoms with Crippen molar-refractivity contribution in [3.05, 3.63) is 35.9 Å². The minimum Gasteiger partial charge on any atom is -0.339 e. The van der Waals surface area contributed by atoms with E-state index in [1.807, 2.05) is 0 Å². The molecule has 24 heavy (non-hydrogen) atoms. The molecule has 1 aliphatic rings. The maximum atomic E-state index is 12.9. The molecule has 0 radical (unpaired) electrons. The summed E-state index contributed by atoms with van der Waals surface area (Å²) in [5.74, 6) is 1.05. The SMILES string of the molecule is CCCC(Cc1ccccc1)N(CCC)C(=O)CCC1CCNC1. The molecule has 1 aromatic rings. The molecule has 0 saturated carbocycles. The van der Waals surface area contributed by atoms with Gasteiger partial charge in [-0.2, -0.15) is 0 Å². The number of carbonyl (C=O) groups excluding carboxylic acids is 1. The highest BCUT2D eigenvalue weighted by molar-refractivity contribution is 5.76. The van der Waals surface area contributed by atoms with Gasteiger partial charge in [-0.1, -0.05) is 50.6 Å². The number of rotatable bonds is 10. The molecule has 2 rings (SSSR count). The maximum Gasteiger partial charge on any atom is 0.222 e. The first-order chi connectivity index (χ1) is 11.7. The Morgan fingerprint density at radius 2 is 2.04 bits per heavy atom. The highest BCUT2D eigenvalue weighted by atomic mass is 16.2. The van der Waals surface area contributed by atoms with E-state index in [4.69, 9.17) is 0 Å². The molecule has 3 heteroatoms. The number of benzene rings is 1. The number of nitrogens with zero attached hydrogens (tertiary/aromatic N) is 1. The zero-order chi connectivity index (χ0) is 17.2. The third-order valence-corrected chi connectivity index (χ3v) is 5.09. The van der Waals surface area contributed by atoms with Crippen molar-refractivity contribution in [2.75, 3.05) is 19.6 Å². The van der Waals surface area contributed by atoms with Crippen molar-refractivity contribution < 1.29 is 4.79 Å². The monoisotopic (exact) mass is 330 g/mol. The molecule has 0 spiro atoms. The molecule has 1 amide bonds. The van der Waals surface area contributed by atoms with Gasteiger partial charge in [0.25, 0.3) is 0 Å². The van der Waals surface area contributed by atoms with Gasteiger partial charge in [0.2, 0.25) is 5.91 Å². The highest BCUT2D eigenvalue weighted by Gasteiger charge is 2.24. The van der Waals surface area contributed by atoms with Crippen LogP contribution in [0, 0.1) is 5.92 Å². The summed E-state index contributed by atoms with van der Waals surface area (Å²) in [4.78, 5) is 15.1. The van der Waals surface area contributed by atoms with E-state index in [0.717, 1.165) is 51.7 Å². The normalized spacial score (nSPS) is 18.5. The average molecular weight is 331 g/mol. The lowest BCUT2D eigenvalue weighted by atomic mass is 9.98. The number of nitrogens with one attached hydrogen (secondary N) is 1. The van der Waals surface area contributed by atoms with Crippen molar-refractivity contribution in [1.29, 1.82) is 0 Å². The first-order valence-electron chi connectivity index (χ1n) is 9.78. The fourth-order valence-corrected chi connectivity index (χ4v) is 3.77. The van der Waals surface area contributed by atoms with Gasteiger partial charge < -0.3 is 10.2 Å². The van der Waals surface area contributed by atoms with Gasteiger partial charge in [-0.05, 0) is 56.7 Å². The van der Waals surface area contributed by atoms with E-state index in [2.05, 4.69) is 54.4 Å². The third-order valence-electron chi connectivity index (χ3n) is 5.09. The summed E-state index contributed by atoms with van der Waals surface area (Å²) in [5, 5.41) is 3.40. The van der Waals surface area contributed by atoms with Gasteiger partial charge in [-0.3, -0.25) is 4.79 Å². The van der Waals surface area contributed by atoms with E-state index in [0.29, 0.717) is 24.3 Å². The van der Waals surface area contributed by atoms with E-state index in [9.17, 15) is 4.79 Å². The van der Waals surface area contributed by atoms with Gasteiger partial charge in [0.05, 0.1) is 0 Å². The average Bonchev–Trinajstić information content (AvgIpc) is 3.12. The summed E-state index contributed by atoms with van der Waals surface area (Å²) in [6.45, 7) is 7.48. The Balaban J connectivity index is 1.98. The van der Waals surface area contributed by atoms with Crippen molar-refractivity contribution in [3.63, 3.8) is 0 Å². The minimum atomic E-state index is 0.339. The first-order valence-corrected chi connectivity index (χ1v) is 9.78. The second kappa shape index (κ2) is 10.5. The molecule has 0 aromatic heterocycles. The van der Waals surface area contributed by atoms with Crippen LogP contribution in [0.25, 0.3) is 0 Å². The predicted octanol–water partition coefficient (Wildman–Crippen LogP) is 4.03. The molecule has 1 aromatic carbocycles. The van der Waals surface area contributed by atoms with Crippen molar-refractivity contribution in [2.45, 2.75) is 64.8 Å². The van der Waals surface area contributed by atoms with Crippen molar-refractivity contribution in [3.8, 4) is 0 Å². The molecule has 0 bridgehead atoms. The third kappa shape index (κ3) is 5.94. The van der Waals surface area contributed by atoms with Crippen molar-refractivity contribution in [1.82, 2.24) is 10.2 Å². The van der Waals surface area contributed by atoms with Crippen LogP contribution >= 0.6 is 0 Å². The molecule has 2 unspecified atom stereocenters. The summed E-state index contributed by atoms with van der Waals surface area (Å²) < 4.78 is 0. The summed E-state index contributed by atoms with van der Waals surface area (Å²) in [7, 11) is 0. The van der Waals surface area contributed by atoms with Crippen LogP contribution in [0.2, 0.25) is 0 Å². The summed E-state index contributed by atoms with van der Waals surface area (Å²) in [5.41, 5.74) is 1.34. The van der Waals surface area contributed by atoms with E-state index in [1.165, 1.54) is 12.0 Å². The zero-order valence-electron chi connectivity index (χ0n) is 15.5. The molecule has 1 saturated heterocycles. The van der Waals surface area contributed by atoms with Crippen LogP contribution in [0.3, 0.4) is 0 Å². The second-order valence-electron chi connectivity index (χ2n) is 7.12. The molecule has 2 atom stereocenters.